The van der Waals surface area contributed by atoms with E-state index in [4.69, 9.17) is 11.6 Å². The Morgan fingerprint density at radius 3 is 2.71 bits per heavy atom. The van der Waals surface area contributed by atoms with Crippen LogP contribution in [0.15, 0.2) is 12.4 Å². The van der Waals surface area contributed by atoms with Crippen molar-refractivity contribution in [3.05, 3.63) is 17.5 Å². The minimum Gasteiger partial charge on any atom is -0.356 e. The lowest BCUT2D eigenvalue weighted by atomic mass is 10.0. The quantitative estimate of drug-likeness (QED) is 0.726. The first-order chi connectivity index (χ1) is 8.15. The van der Waals surface area contributed by atoms with Gasteiger partial charge < -0.3 is 4.90 Å². The maximum Gasteiger partial charge on any atom is 0.255 e. The van der Waals surface area contributed by atoms with Gasteiger partial charge in [0.05, 0.1) is 0 Å². The number of hydrogen-bond donors (Lipinski definition) is 0. The van der Waals surface area contributed by atoms with Crippen LogP contribution in [0.25, 0.3) is 5.78 Å². The van der Waals surface area contributed by atoms with Crippen LogP contribution in [0.5, 0.6) is 0 Å². The van der Waals surface area contributed by atoms with E-state index in [1.165, 1.54) is 6.33 Å². The zero-order valence-electron chi connectivity index (χ0n) is 9.84. The molecule has 1 aliphatic heterocycles. The summed E-state index contributed by atoms with van der Waals surface area (Å²) in [5.41, 5.74) is 0. The molecule has 2 atom stereocenters. The molecule has 17 heavy (non-hydrogen) atoms. The van der Waals surface area contributed by atoms with Gasteiger partial charge in [0, 0.05) is 19.2 Å². The van der Waals surface area contributed by atoms with Gasteiger partial charge >= 0.3 is 0 Å². The Morgan fingerprint density at radius 2 is 2.00 bits per heavy atom. The second kappa shape index (κ2) is 3.84. The molecular formula is C11H14ClN5. The first-order valence-electron chi connectivity index (χ1n) is 5.76. The largest absolute Gasteiger partial charge is 0.356 e. The second-order valence-electron chi connectivity index (χ2n) is 4.77. The summed E-state index contributed by atoms with van der Waals surface area (Å²) in [4.78, 5) is 10.5. The van der Waals surface area contributed by atoms with Crippen molar-refractivity contribution < 1.29 is 0 Å². The first-order valence-corrected chi connectivity index (χ1v) is 6.14. The summed E-state index contributed by atoms with van der Waals surface area (Å²) >= 11 is 6.01. The second-order valence-corrected chi connectivity index (χ2v) is 5.16. The maximum atomic E-state index is 6.01. The van der Waals surface area contributed by atoms with E-state index in [1.807, 2.05) is 6.07 Å². The molecule has 2 aromatic rings. The highest BCUT2D eigenvalue weighted by Gasteiger charge is 2.28. The Kier molecular flexibility index (Phi) is 2.43. The van der Waals surface area contributed by atoms with Gasteiger partial charge in [-0.3, -0.25) is 0 Å². The van der Waals surface area contributed by atoms with Gasteiger partial charge in [-0.1, -0.05) is 25.4 Å². The molecule has 3 rings (SSSR count). The summed E-state index contributed by atoms with van der Waals surface area (Å²) < 4.78 is 1.75. The van der Waals surface area contributed by atoms with Crippen molar-refractivity contribution in [2.24, 2.45) is 11.8 Å². The van der Waals surface area contributed by atoms with Crippen molar-refractivity contribution >= 4 is 23.2 Å². The van der Waals surface area contributed by atoms with Crippen LogP contribution in [0, 0.1) is 11.8 Å². The molecule has 1 aliphatic rings. The molecule has 2 aromatic heterocycles. The van der Waals surface area contributed by atoms with E-state index < -0.39 is 0 Å². The minimum absolute atomic E-state index is 0.465. The zero-order chi connectivity index (χ0) is 12.0. The van der Waals surface area contributed by atoms with Crippen molar-refractivity contribution in [2.45, 2.75) is 13.8 Å². The molecule has 0 radical (unpaired) electrons. The van der Waals surface area contributed by atoms with Crippen LogP contribution in [0.2, 0.25) is 5.15 Å². The summed E-state index contributed by atoms with van der Waals surface area (Å²) in [6, 6.07) is 1.86. The summed E-state index contributed by atoms with van der Waals surface area (Å²) in [5, 5.41) is 4.66. The summed E-state index contributed by atoms with van der Waals surface area (Å²) in [6.07, 6.45) is 1.51. The predicted molar refractivity (Wildman–Crippen MR) is 66.3 cm³/mol. The molecule has 1 fully saturated rings. The molecule has 5 nitrogen and oxygen atoms in total. The molecule has 90 valence electrons. The number of hydrogen-bond acceptors (Lipinski definition) is 4. The third kappa shape index (κ3) is 1.74. The molecule has 0 amide bonds. The molecule has 0 unspecified atom stereocenters. The van der Waals surface area contributed by atoms with E-state index in [-0.39, 0.29) is 0 Å². The summed E-state index contributed by atoms with van der Waals surface area (Å²) in [6.45, 7) is 6.59. The molecule has 3 heterocycles. The van der Waals surface area contributed by atoms with Gasteiger partial charge in [0.1, 0.15) is 17.3 Å². The molecule has 0 aliphatic carbocycles. The lowest BCUT2D eigenvalue weighted by Gasteiger charge is -2.18. The zero-order valence-corrected chi connectivity index (χ0v) is 10.6. The Morgan fingerprint density at radius 1 is 1.29 bits per heavy atom. The maximum absolute atomic E-state index is 6.01. The van der Waals surface area contributed by atoms with Crippen LogP contribution in [0.3, 0.4) is 0 Å². The third-order valence-electron chi connectivity index (χ3n) is 3.51. The molecular weight excluding hydrogens is 238 g/mol. The number of fused-ring (bicyclic) bond motifs is 1. The van der Waals surface area contributed by atoms with Gasteiger partial charge in [-0.15, -0.1) is 0 Å². The Bertz CT molecular complexity index is 542. The van der Waals surface area contributed by atoms with E-state index in [0.29, 0.717) is 22.8 Å². The fraction of sp³-hybridized carbons (Fsp3) is 0.545. The number of halogens is 1. The fourth-order valence-corrected chi connectivity index (χ4v) is 2.48. The monoisotopic (exact) mass is 251 g/mol. The fourth-order valence-electron chi connectivity index (χ4n) is 2.31. The lowest BCUT2D eigenvalue weighted by Crippen LogP contribution is -2.22. The average Bonchev–Trinajstić information content (AvgIpc) is 2.85. The SMILES string of the molecule is C[C@@H]1CN(c2cc(Cl)nc3ncnn23)C[C@@H]1C. The molecule has 0 saturated carbocycles. The molecule has 1 saturated heterocycles. The van der Waals surface area contributed by atoms with Gasteiger partial charge in [-0.2, -0.15) is 19.6 Å². The van der Waals surface area contributed by atoms with E-state index in [2.05, 4.69) is 33.8 Å². The van der Waals surface area contributed by atoms with Gasteiger partial charge in [0.25, 0.3) is 5.78 Å². The van der Waals surface area contributed by atoms with E-state index in [0.717, 1.165) is 18.9 Å². The van der Waals surface area contributed by atoms with Gasteiger partial charge in [-0.05, 0) is 11.8 Å². The van der Waals surface area contributed by atoms with Crippen LogP contribution in [0.1, 0.15) is 13.8 Å². The van der Waals surface area contributed by atoms with Gasteiger partial charge in [0.15, 0.2) is 0 Å². The molecule has 6 heteroatoms. The van der Waals surface area contributed by atoms with Gasteiger partial charge in [0.2, 0.25) is 0 Å². The molecule has 0 spiro atoms. The molecule has 0 N–H and O–H groups in total. The van der Waals surface area contributed by atoms with E-state index >= 15 is 0 Å². The van der Waals surface area contributed by atoms with Crippen LogP contribution in [0.4, 0.5) is 5.82 Å². The molecule has 0 bridgehead atoms. The van der Waals surface area contributed by atoms with Crippen molar-refractivity contribution in [2.75, 3.05) is 18.0 Å². The third-order valence-corrected chi connectivity index (χ3v) is 3.71. The Balaban J connectivity index is 2.08. The normalized spacial score (nSPS) is 24.8. The highest BCUT2D eigenvalue weighted by molar-refractivity contribution is 6.29. The van der Waals surface area contributed by atoms with Crippen LogP contribution in [-0.2, 0) is 0 Å². The number of anilines is 1. The average molecular weight is 252 g/mol. The number of rotatable bonds is 1. The van der Waals surface area contributed by atoms with Crippen molar-refractivity contribution in [1.29, 1.82) is 0 Å². The summed E-state index contributed by atoms with van der Waals surface area (Å²) in [7, 11) is 0. The van der Waals surface area contributed by atoms with Crippen LogP contribution < -0.4 is 4.90 Å². The van der Waals surface area contributed by atoms with Gasteiger partial charge in [-0.25, -0.2) is 0 Å². The van der Waals surface area contributed by atoms with Crippen LogP contribution in [-0.4, -0.2) is 32.7 Å². The van der Waals surface area contributed by atoms with Crippen molar-refractivity contribution in [1.82, 2.24) is 19.6 Å². The van der Waals surface area contributed by atoms with E-state index in [1.54, 1.807) is 4.52 Å². The smallest absolute Gasteiger partial charge is 0.255 e. The lowest BCUT2D eigenvalue weighted by molar-refractivity contribution is 0.494. The minimum atomic E-state index is 0.465. The highest BCUT2D eigenvalue weighted by Crippen LogP contribution is 2.28. The topological polar surface area (TPSA) is 46.3 Å². The predicted octanol–water partition coefficient (Wildman–Crippen LogP) is 1.87. The van der Waals surface area contributed by atoms with E-state index in [9.17, 15) is 0 Å². The standard InChI is InChI=1S/C11H14ClN5/c1-7-4-16(5-8(7)2)10-3-9(12)15-11-13-6-14-17(10)11/h3,6-8H,4-5H2,1-2H3/t7-,8+. The van der Waals surface area contributed by atoms with Crippen molar-refractivity contribution in [3.8, 4) is 0 Å². The highest BCUT2D eigenvalue weighted by atomic mass is 35.5. The van der Waals surface area contributed by atoms with Crippen molar-refractivity contribution in [3.63, 3.8) is 0 Å². The molecule has 0 aromatic carbocycles. The summed E-state index contributed by atoms with van der Waals surface area (Å²) in [5.74, 6) is 2.90. The first kappa shape index (κ1) is 10.8. The number of aromatic nitrogens is 4. The Hall–Kier alpha value is -1.36. The number of nitrogens with zero attached hydrogens (tertiary/aromatic N) is 5. The Labute approximate surface area is 104 Å². The van der Waals surface area contributed by atoms with Crippen LogP contribution >= 0.6 is 11.6 Å².